The average molecular weight is 239 g/mol. The van der Waals surface area contributed by atoms with Gasteiger partial charge in [-0.2, -0.15) is 0 Å². The van der Waals surface area contributed by atoms with E-state index in [1.54, 1.807) is 0 Å². The van der Waals surface area contributed by atoms with Gasteiger partial charge in [-0.05, 0) is 35.3 Å². The van der Waals surface area contributed by atoms with Crippen molar-refractivity contribution in [1.29, 1.82) is 0 Å². The Balaban J connectivity index is 3.12. The number of carboxylic acids is 1. The molecule has 88 valence electrons. The average Bonchev–Trinajstić information content (AvgIpc) is 2.51. The Morgan fingerprint density at radius 3 is 2.71 bits per heavy atom. The van der Waals surface area contributed by atoms with Gasteiger partial charge in [-0.3, -0.25) is 4.79 Å². The summed E-state index contributed by atoms with van der Waals surface area (Å²) in [5.74, 6) is -4.38. The van der Waals surface area contributed by atoms with E-state index in [0.29, 0.717) is 0 Å². The maximum atomic E-state index is 11.5. The molecular weight excluding hydrogens is 216 g/mol. The van der Waals surface area contributed by atoms with Gasteiger partial charge in [0.05, 0.1) is 21.3 Å². The van der Waals surface area contributed by atoms with Crippen molar-refractivity contribution in [3.05, 3.63) is 41.8 Å². The monoisotopic (exact) mass is 239 g/mol. The Morgan fingerprint density at radius 1 is 1.35 bits per heavy atom. The van der Waals surface area contributed by atoms with Gasteiger partial charge in [0.15, 0.2) is 0 Å². The van der Waals surface area contributed by atoms with Gasteiger partial charge in [0.25, 0.3) is 0 Å². The zero-order valence-corrected chi connectivity index (χ0v) is 8.84. The highest BCUT2D eigenvalue weighted by Gasteiger charge is 2.13. The van der Waals surface area contributed by atoms with Crippen LogP contribution in [-0.4, -0.2) is 18.2 Å². The fourth-order valence-corrected chi connectivity index (χ4v) is 1.24. The van der Waals surface area contributed by atoms with Crippen LogP contribution in [0, 0.1) is 0 Å². The predicted molar refractivity (Wildman–Crippen MR) is 66.6 cm³/mol. The lowest BCUT2D eigenvalue weighted by atomic mass is 9.98. The van der Waals surface area contributed by atoms with E-state index in [2.05, 4.69) is 0 Å². The molecule has 2 rings (SSSR count). The molecule has 17 heavy (non-hydrogen) atoms. The maximum Gasteiger partial charge on any atom is 0.310 e. The maximum absolute atomic E-state index is 11.5. The molecule has 0 spiro atoms. The molecule has 0 aliphatic heterocycles. The van der Waals surface area contributed by atoms with E-state index in [1.165, 1.54) is 0 Å². The summed E-state index contributed by atoms with van der Waals surface area (Å²) in [4.78, 5) is 11.5. The van der Waals surface area contributed by atoms with Crippen molar-refractivity contribution >= 4 is 16.7 Å². The second kappa shape index (κ2) is 4.45. The number of benzene rings is 2. The highest BCUT2D eigenvalue weighted by atomic mass is 16.5. The molecule has 3 heteroatoms. The van der Waals surface area contributed by atoms with Crippen molar-refractivity contribution in [2.45, 2.75) is 12.8 Å². The minimum Gasteiger partial charge on any atom is -0.497 e. The topological polar surface area (TPSA) is 46.5 Å². The molecule has 1 N–H and O–H groups in total. The van der Waals surface area contributed by atoms with Crippen LogP contribution in [0.1, 0.15) is 30.7 Å². The van der Waals surface area contributed by atoms with Crippen LogP contribution in [-0.2, 0) is 4.79 Å². The smallest absolute Gasteiger partial charge is 0.310 e. The van der Waals surface area contributed by atoms with Crippen molar-refractivity contribution in [3.8, 4) is 5.75 Å². The molecular formula is C14H14O3. The van der Waals surface area contributed by atoms with Crippen molar-refractivity contribution in [3.63, 3.8) is 0 Å². The standard InChI is InChI=1S/C14H14O3/c1-9(14(15)16)10-3-4-12-8-13(17-2)6-5-11(12)7-10/h3-9H,1-2H3,(H,15,16)/i1D3,3D,4D,5D,6D,7D,8D. The van der Waals surface area contributed by atoms with E-state index in [0.717, 1.165) is 7.11 Å². The van der Waals surface area contributed by atoms with Crippen LogP contribution in [0.5, 0.6) is 5.75 Å². The van der Waals surface area contributed by atoms with Crippen LogP contribution >= 0.6 is 0 Å². The summed E-state index contributed by atoms with van der Waals surface area (Å²) >= 11 is 0. The van der Waals surface area contributed by atoms with Crippen LogP contribution < -0.4 is 4.74 Å². The third-order valence-electron chi connectivity index (χ3n) is 2.11. The fraction of sp³-hybridized carbons (Fsp3) is 0.214. The Labute approximate surface area is 112 Å². The second-order valence-electron chi connectivity index (χ2n) is 3.22. The first-order valence-corrected chi connectivity index (χ1v) is 4.66. The van der Waals surface area contributed by atoms with E-state index in [1.807, 2.05) is 0 Å². The number of carbonyl (C=O) groups is 1. The fourth-order valence-electron chi connectivity index (χ4n) is 1.24. The molecule has 0 amide bonds. The molecule has 0 radical (unpaired) electrons. The lowest BCUT2D eigenvalue weighted by molar-refractivity contribution is -0.138. The Bertz CT molecular complexity index is 921. The molecule has 0 bridgehead atoms. The minimum atomic E-state index is -3.10. The van der Waals surface area contributed by atoms with Crippen molar-refractivity contribution in [1.82, 2.24) is 0 Å². The number of methoxy groups -OCH3 is 1. The summed E-state index contributed by atoms with van der Waals surface area (Å²) in [6.07, 6.45) is 0. The number of hydrogen-bond acceptors (Lipinski definition) is 2. The zero-order chi connectivity index (χ0) is 20.1. The lowest BCUT2D eigenvalue weighted by Gasteiger charge is -2.08. The van der Waals surface area contributed by atoms with Gasteiger partial charge < -0.3 is 9.84 Å². The van der Waals surface area contributed by atoms with Gasteiger partial charge in [-0.25, -0.2) is 0 Å². The van der Waals surface area contributed by atoms with E-state index < -0.39 is 65.9 Å². The van der Waals surface area contributed by atoms with Crippen molar-refractivity contribution in [2.75, 3.05) is 7.11 Å². The number of aliphatic carboxylic acids is 1. The summed E-state index contributed by atoms with van der Waals surface area (Å²) in [5, 5.41) is 8.55. The summed E-state index contributed by atoms with van der Waals surface area (Å²) in [6, 6.07) is -3.94. The molecule has 0 heterocycles. The molecule has 0 aromatic heterocycles. The summed E-state index contributed by atoms with van der Waals surface area (Å²) < 4.78 is 75.4. The molecule has 0 fully saturated rings. The first-order valence-electron chi connectivity index (χ1n) is 9.16. The third-order valence-corrected chi connectivity index (χ3v) is 2.11. The number of rotatable bonds is 3. The van der Waals surface area contributed by atoms with Gasteiger partial charge in [0, 0.05) is 4.11 Å². The lowest BCUT2D eigenvalue weighted by Crippen LogP contribution is -2.06. The predicted octanol–water partition coefficient (Wildman–Crippen LogP) is 3.04. The van der Waals surface area contributed by atoms with Crippen LogP contribution in [0.4, 0.5) is 0 Å². The minimum absolute atomic E-state index is 0.326. The largest absolute Gasteiger partial charge is 0.497 e. The quantitative estimate of drug-likeness (QED) is 0.895. The number of carboxylic acid groups (broad SMARTS) is 1. The van der Waals surface area contributed by atoms with Gasteiger partial charge in [0.2, 0.25) is 0 Å². The highest BCUT2D eigenvalue weighted by molar-refractivity contribution is 5.86. The first kappa shape index (κ1) is 4.69. The van der Waals surface area contributed by atoms with Crippen LogP contribution in [0.25, 0.3) is 10.8 Å². The highest BCUT2D eigenvalue weighted by Crippen LogP contribution is 2.25. The number of hydrogen-bond donors (Lipinski definition) is 1. The van der Waals surface area contributed by atoms with Crippen LogP contribution in [0.3, 0.4) is 0 Å². The van der Waals surface area contributed by atoms with E-state index in [4.69, 9.17) is 17.1 Å². The molecule has 2 aromatic rings. The number of fused-ring (bicyclic) bond motifs is 1. The molecule has 1 unspecified atom stereocenters. The van der Waals surface area contributed by atoms with Gasteiger partial charge in [-0.1, -0.05) is 24.2 Å². The van der Waals surface area contributed by atoms with E-state index in [9.17, 15) is 9.90 Å². The summed E-state index contributed by atoms with van der Waals surface area (Å²) in [6.45, 7) is -3.10. The molecule has 2 aromatic carbocycles. The Kier molecular flexibility index (Phi) is 1.23. The third kappa shape index (κ3) is 2.23. The molecule has 0 saturated heterocycles. The Hall–Kier alpha value is -2.03. The summed E-state index contributed by atoms with van der Waals surface area (Å²) in [5.41, 5.74) is -0.743. The second-order valence-corrected chi connectivity index (χ2v) is 3.22. The summed E-state index contributed by atoms with van der Waals surface area (Å²) in [7, 11) is 1.16. The van der Waals surface area contributed by atoms with Gasteiger partial charge in [0.1, 0.15) is 5.75 Å². The van der Waals surface area contributed by atoms with Crippen molar-refractivity contribution in [2.24, 2.45) is 0 Å². The van der Waals surface area contributed by atoms with Gasteiger partial charge in [-0.15, -0.1) is 0 Å². The normalized spacial score (nSPS) is 20.6. The molecule has 3 nitrogen and oxygen atoms in total. The molecule has 0 aliphatic carbocycles. The zero-order valence-electron chi connectivity index (χ0n) is 17.8. The SMILES string of the molecule is [2H]c1c(C(C(=O)O)C([2H])([2H])[2H])c([2H])c2c([2H])c([2H])c(OC)c([2H])c2c1[2H]. The van der Waals surface area contributed by atoms with E-state index in [-0.39, 0.29) is 11.1 Å². The Morgan fingerprint density at radius 2 is 2.06 bits per heavy atom. The molecule has 0 saturated carbocycles. The van der Waals surface area contributed by atoms with Crippen LogP contribution in [0.2, 0.25) is 0 Å². The number of ether oxygens (including phenoxy) is 1. The van der Waals surface area contributed by atoms with E-state index >= 15 is 0 Å². The molecule has 0 aliphatic rings. The van der Waals surface area contributed by atoms with Crippen LogP contribution in [0.15, 0.2) is 36.3 Å². The van der Waals surface area contributed by atoms with Gasteiger partial charge >= 0.3 is 5.97 Å². The molecule has 1 atom stereocenters. The first-order chi connectivity index (χ1) is 11.9. The van der Waals surface area contributed by atoms with Crippen molar-refractivity contribution < 1.29 is 27.0 Å².